The molecule has 1 aliphatic rings. The molecule has 0 bridgehead atoms. The smallest absolute Gasteiger partial charge is 0.222 e. The number of rotatable bonds is 3. The molecule has 1 fully saturated rings. The van der Waals surface area contributed by atoms with E-state index < -0.39 is 0 Å². The van der Waals surface area contributed by atoms with Crippen molar-refractivity contribution in [3.8, 4) is 0 Å². The van der Waals surface area contributed by atoms with Crippen LogP contribution in [0.4, 0.5) is 5.13 Å². The van der Waals surface area contributed by atoms with Gasteiger partial charge in [-0.25, -0.2) is 4.98 Å². The molecule has 16 heavy (non-hydrogen) atoms. The topological polar surface area (TPSA) is 45.2 Å². The standard InChI is InChI=1S/C11H17N3OS/c1-3-8-7-16-11(12-8)13-9-4-5-10(15)14(2)6-9/h7,9H,3-6H2,1-2H3,(H,12,13). The zero-order valence-corrected chi connectivity index (χ0v) is 10.5. The van der Waals surface area contributed by atoms with Crippen LogP contribution in [0.15, 0.2) is 5.38 Å². The highest BCUT2D eigenvalue weighted by Gasteiger charge is 2.23. The third-order valence-corrected chi connectivity index (χ3v) is 3.69. The lowest BCUT2D eigenvalue weighted by Gasteiger charge is -2.29. The van der Waals surface area contributed by atoms with E-state index in [4.69, 9.17) is 0 Å². The van der Waals surface area contributed by atoms with E-state index in [0.29, 0.717) is 12.5 Å². The molecule has 1 atom stereocenters. The van der Waals surface area contributed by atoms with Crippen LogP contribution in [0.3, 0.4) is 0 Å². The van der Waals surface area contributed by atoms with Crippen molar-refractivity contribution < 1.29 is 4.79 Å². The van der Waals surface area contributed by atoms with Crippen molar-refractivity contribution in [1.82, 2.24) is 9.88 Å². The van der Waals surface area contributed by atoms with E-state index in [1.807, 2.05) is 7.05 Å². The van der Waals surface area contributed by atoms with Crippen LogP contribution < -0.4 is 5.32 Å². The maximum absolute atomic E-state index is 11.3. The summed E-state index contributed by atoms with van der Waals surface area (Å²) in [4.78, 5) is 17.6. The highest BCUT2D eigenvalue weighted by molar-refractivity contribution is 7.13. The summed E-state index contributed by atoms with van der Waals surface area (Å²) in [5.41, 5.74) is 1.13. The number of carbonyl (C=O) groups excluding carboxylic acids is 1. The second-order valence-corrected chi connectivity index (χ2v) is 5.01. The molecule has 2 heterocycles. The minimum absolute atomic E-state index is 0.242. The summed E-state index contributed by atoms with van der Waals surface area (Å²) in [6.07, 6.45) is 2.52. The number of hydrogen-bond acceptors (Lipinski definition) is 4. The Morgan fingerprint density at radius 2 is 2.50 bits per heavy atom. The predicted octanol–water partition coefficient (Wildman–Crippen LogP) is 1.74. The number of thiazole rings is 1. The number of likely N-dealkylation sites (tertiary alicyclic amines) is 1. The summed E-state index contributed by atoms with van der Waals surface area (Å²) in [6, 6.07) is 0.346. The third-order valence-electron chi connectivity index (χ3n) is 2.87. The molecule has 2 rings (SSSR count). The van der Waals surface area contributed by atoms with Crippen LogP contribution in [0.2, 0.25) is 0 Å². The van der Waals surface area contributed by atoms with E-state index in [2.05, 4.69) is 22.6 Å². The molecule has 0 radical (unpaired) electrons. The molecular weight excluding hydrogens is 222 g/mol. The van der Waals surface area contributed by atoms with Gasteiger partial charge in [0.1, 0.15) is 0 Å². The van der Waals surface area contributed by atoms with Crippen LogP contribution in [0.25, 0.3) is 0 Å². The SMILES string of the molecule is CCc1csc(NC2CCC(=O)N(C)C2)n1. The van der Waals surface area contributed by atoms with Gasteiger partial charge in [-0.05, 0) is 12.8 Å². The number of likely N-dealkylation sites (N-methyl/N-ethyl adjacent to an activating group) is 1. The summed E-state index contributed by atoms with van der Waals surface area (Å²) >= 11 is 1.64. The fraction of sp³-hybridized carbons (Fsp3) is 0.636. The van der Waals surface area contributed by atoms with Gasteiger partial charge in [-0.15, -0.1) is 11.3 Å². The average Bonchev–Trinajstić information content (AvgIpc) is 2.71. The number of hydrogen-bond donors (Lipinski definition) is 1. The van der Waals surface area contributed by atoms with Crippen molar-refractivity contribution >= 4 is 22.4 Å². The summed E-state index contributed by atoms with van der Waals surface area (Å²) in [6.45, 7) is 2.88. The number of anilines is 1. The van der Waals surface area contributed by atoms with Crippen molar-refractivity contribution in [2.24, 2.45) is 0 Å². The zero-order valence-electron chi connectivity index (χ0n) is 9.69. The van der Waals surface area contributed by atoms with Gasteiger partial charge in [0.2, 0.25) is 5.91 Å². The number of nitrogens with zero attached hydrogens (tertiary/aromatic N) is 2. The molecule has 0 aliphatic carbocycles. The Bertz CT molecular complexity index is 377. The normalized spacial score (nSPS) is 21.2. The molecule has 0 saturated carbocycles. The fourth-order valence-corrected chi connectivity index (χ4v) is 2.71. The Balaban J connectivity index is 1.92. The third kappa shape index (κ3) is 2.52. The minimum Gasteiger partial charge on any atom is -0.357 e. The molecule has 0 aromatic carbocycles. The van der Waals surface area contributed by atoms with E-state index in [1.54, 1.807) is 16.2 Å². The number of carbonyl (C=O) groups is 1. The Hall–Kier alpha value is -1.10. The monoisotopic (exact) mass is 239 g/mol. The lowest BCUT2D eigenvalue weighted by molar-refractivity contribution is -0.132. The molecule has 1 aliphatic heterocycles. The van der Waals surface area contributed by atoms with Crippen molar-refractivity contribution in [2.75, 3.05) is 18.9 Å². The van der Waals surface area contributed by atoms with Gasteiger partial charge in [-0.3, -0.25) is 4.79 Å². The first-order chi connectivity index (χ1) is 7.69. The second-order valence-electron chi connectivity index (χ2n) is 4.15. The zero-order chi connectivity index (χ0) is 11.5. The first kappa shape index (κ1) is 11.4. The Labute approximate surface area is 99.7 Å². The molecule has 5 heteroatoms. The van der Waals surface area contributed by atoms with Crippen LogP contribution in [0, 0.1) is 0 Å². The van der Waals surface area contributed by atoms with Crippen LogP contribution in [0.1, 0.15) is 25.5 Å². The van der Waals surface area contributed by atoms with E-state index in [1.165, 1.54) is 0 Å². The molecule has 1 N–H and O–H groups in total. The van der Waals surface area contributed by atoms with Gasteiger partial charge in [0.05, 0.1) is 5.69 Å². The number of piperidine rings is 1. The molecule has 1 aromatic rings. The number of nitrogens with one attached hydrogen (secondary N) is 1. The Morgan fingerprint density at radius 1 is 1.69 bits per heavy atom. The van der Waals surface area contributed by atoms with Gasteiger partial charge >= 0.3 is 0 Å². The Kier molecular flexibility index (Phi) is 3.43. The van der Waals surface area contributed by atoms with Crippen LogP contribution in [-0.4, -0.2) is 35.4 Å². The minimum atomic E-state index is 0.242. The van der Waals surface area contributed by atoms with Crippen LogP contribution in [-0.2, 0) is 11.2 Å². The molecule has 1 unspecified atom stereocenters. The van der Waals surface area contributed by atoms with E-state index in [9.17, 15) is 4.79 Å². The molecule has 88 valence electrons. The average molecular weight is 239 g/mol. The van der Waals surface area contributed by atoms with Crippen molar-refractivity contribution in [3.63, 3.8) is 0 Å². The molecule has 1 amide bonds. The van der Waals surface area contributed by atoms with Gasteiger partial charge in [0.25, 0.3) is 0 Å². The predicted molar refractivity (Wildman–Crippen MR) is 65.8 cm³/mol. The van der Waals surface area contributed by atoms with Crippen molar-refractivity contribution in [1.29, 1.82) is 0 Å². The number of aromatic nitrogens is 1. The van der Waals surface area contributed by atoms with Gasteiger partial charge in [0, 0.05) is 31.4 Å². The molecule has 1 aromatic heterocycles. The molecular formula is C11H17N3OS. The van der Waals surface area contributed by atoms with E-state index in [0.717, 1.165) is 30.2 Å². The quantitative estimate of drug-likeness (QED) is 0.874. The maximum Gasteiger partial charge on any atom is 0.222 e. The first-order valence-corrected chi connectivity index (χ1v) is 6.52. The highest BCUT2D eigenvalue weighted by Crippen LogP contribution is 2.20. The lowest BCUT2D eigenvalue weighted by Crippen LogP contribution is -2.43. The van der Waals surface area contributed by atoms with Crippen molar-refractivity contribution in [3.05, 3.63) is 11.1 Å². The van der Waals surface area contributed by atoms with Gasteiger partial charge in [0.15, 0.2) is 5.13 Å². The fourth-order valence-electron chi connectivity index (χ4n) is 1.84. The van der Waals surface area contributed by atoms with Crippen LogP contribution in [0.5, 0.6) is 0 Å². The largest absolute Gasteiger partial charge is 0.357 e. The van der Waals surface area contributed by atoms with Gasteiger partial charge in [-0.2, -0.15) is 0 Å². The number of amides is 1. The molecule has 1 saturated heterocycles. The van der Waals surface area contributed by atoms with E-state index in [-0.39, 0.29) is 5.91 Å². The number of aryl methyl sites for hydroxylation is 1. The Morgan fingerprint density at radius 3 is 3.12 bits per heavy atom. The summed E-state index contributed by atoms with van der Waals surface area (Å²) in [5.74, 6) is 0.242. The molecule has 0 spiro atoms. The van der Waals surface area contributed by atoms with Crippen LogP contribution >= 0.6 is 11.3 Å². The maximum atomic E-state index is 11.3. The summed E-state index contributed by atoms with van der Waals surface area (Å²) in [5, 5.41) is 6.46. The first-order valence-electron chi connectivity index (χ1n) is 5.64. The van der Waals surface area contributed by atoms with Crippen molar-refractivity contribution in [2.45, 2.75) is 32.2 Å². The van der Waals surface area contributed by atoms with Gasteiger partial charge < -0.3 is 10.2 Å². The van der Waals surface area contributed by atoms with E-state index >= 15 is 0 Å². The lowest BCUT2D eigenvalue weighted by atomic mass is 10.1. The second kappa shape index (κ2) is 4.82. The summed E-state index contributed by atoms with van der Waals surface area (Å²) in [7, 11) is 1.86. The highest BCUT2D eigenvalue weighted by atomic mass is 32.1. The van der Waals surface area contributed by atoms with Gasteiger partial charge in [-0.1, -0.05) is 6.92 Å². The molecule has 4 nitrogen and oxygen atoms in total. The summed E-state index contributed by atoms with van der Waals surface area (Å²) < 4.78 is 0.